The van der Waals surface area contributed by atoms with E-state index in [2.05, 4.69) is 26.9 Å². The number of nitrogens with one attached hydrogen (secondary N) is 1. The van der Waals surface area contributed by atoms with Gasteiger partial charge < -0.3 is 5.32 Å². The Hall–Kier alpha value is -1.68. The summed E-state index contributed by atoms with van der Waals surface area (Å²) in [4.78, 5) is 11.8. The van der Waals surface area contributed by atoms with Gasteiger partial charge in [0.2, 0.25) is 0 Å². The summed E-state index contributed by atoms with van der Waals surface area (Å²) >= 11 is 5.72. The molecule has 84 valence electrons. The van der Waals surface area contributed by atoms with Crippen molar-refractivity contribution in [2.45, 2.75) is 6.92 Å². The summed E-state index contributed by atoms with van der Waals surface area (Å²) in [7, 11) is 0. The maximum atomic E-state index is 5.72. The zero-order chi connectivity index (χ0) is 11.8. The normalized spacial score (nSPS) is 11.8. The van der Waals surface area contributed by atoms with Crippen molar-refractivity contribution >= 4 is 23.6 Å². The Morgan fingerprint density at radius 3 is 3.12 bits per heavy atom. The topological polar surface area (TPSA) is 50.2 Å². The third kappa shape index (κ3) is 4.70. The molecule has 0 fully saturated rings. The highest BCUT2D eigenvalue weighted by Crippen LogP contribution is 2.08. The molecule has 0 atom stereocenters. The van der Waals surface area contributed by atoms with Crippen LogP contribution in [0.15, 0.2) is 41.8 Å². The Labute approximate surface area is 99.8 Å². The van der Waals surface area contributed by atoms with E-state index >= 15 is 0 Å². The maximum Gasteiger partial charge on any atom is 0.134 e. The molecule has 0 aliphatic rings. The molecule has 0 saturated heterocycles. The SMILES string of the molecule is C=C/C=N\C=C(/C)CNc1cc(Cl)ncn1. The van der Waals surface area contributed by atoms with Gasteiger partial charge in [0, 0.05) is 25.0 Å². The number of aromatic nitrogens is 2. The van der Waals surface area contributed by atoms with Crippen molar-refractivity contribution in [3.05, 3.63) is 42.0 Å². The summed E-state index contributed by atoms with van der Waals surface area (Å²) in [6.45, 7) is 6.16. The van der Waals surface area contributed by atoms with E-state index in [1.807, 2.05) is 6.92 Å². The highest BCUT2D eigenvalue weighted by Gasteiger charge is 1.95. The van der Waals surface area contributed by atoms with Crippen molar-refractivity contribution in [1.82, 2.24) is 9.97 Å². The van der Waals surface area contributed by atoms with Crippen LogP contribution in [0.1, 0.15) is 6.92 Å². The van der Waals surface area contributed by atoms with Gasteiger partial charge in [-0.15, -0.1) is 0 Å². The molecule has 16 heavy (non-hydrogen) atoms. The van der Waals surface area contributed by atoms with Gasteiger partial charge in [0.25, 0.3) is 0 Å². The zero-order valence-electron chi connectivity index (χ0n) is 9.02. The number of hydrogen-bond acceptors (Lipinski definition) is 4. The third-order valence-electron chi connectivity index (χ3n) is 1.67. The lowest BCUT2D eigenvalue weighted by Crippen LogP contribution is -2.04. The summed E-state index contributed by atoms with van der Waals surface area (Å²) in [6, 6.07) is 1.67. The minimum atomic E-state index is 0.420. The first-order valence-electron chi connectivity index (χ1n) is 4.73. The molecule has 5 heteroatoms. The van der Waals surface area contributed by atoms with Crippen molar-refractivity contribution in [1.29, 1.82) is 0 Å². The monoisotopic (exact) mass is 236 g/mol. The van der Waals surface area contributed by atoms with Crippen molar-refractivity contribution in [2.75, 3.05) is 11.9 Å². The van der Waals surface area contributed by atoms with E-state index in [0.29, 0.717) is 17.5 Å². The van der Waals surface area contributed by atoms with Gasteiger partial charge in [0.15, 0.2) is 0 Å². The van der Waals surface area contributed by atoms with Crippen LogP contribution in [0.2, 0.25) is 5.15 Å². The minimum Gasteiger partial charge on any atom is -0.366 e. The van der Waals surface area contributed by atoms with Crippen LogP contribution in [0.3, 0.4) is 0 Å². The van der Waals surface area contributed by atoms with Gasteiger partial charge >= 0.3 is 0 Å². The van der Waals surface area contributed by atoms with Crippen LogP contribution < -0.4 is 5.32 Å². The van der Waals surface area contributed by atoms with Crippen molar-refractivity contribution in [3.8, 4) is 0 Å². The molecule has 0 spiro atoms. The molecule has 0 aliphatic heterocycles. The Balaban J connectivity index is 2.48. The Kier molecular flexibility index (Phi) is 5.22. The van der Waals surface area contributed by atoms with E-state index in [4.69, 9.17) is 11.6 Å². The molecule has 1 N–H and O–H groups in total. The average molecular weight is 237 g/mol. The average Bonchev–Trinajstić information content (AvgIpc) is 2.27. The lowest BCUT2D eigenvalue weighted by atomic mass is 10.3. The van der Waals surface area contributed by atoms with Crippen LogP contribution >= 0.6 is 11.6 Å². The fourth-order valence-electron chi connectivity index (χ4n) is 0.937. The standard InChI is InChI=1S/C11H13ClN4/c1-3-4-13-6-9(2)7-14-11-5-10(12)15-8-16-11/h3-6,8H,1,7H2,2H3,(H,14,15,16)/b9-6+,13-4-. The minimum absolute atomic E-state index is 0.420. The number of halogens is 1. The van der Waals surface area contributed by atoms with E-state index in [9.17, 15) is 0 Å². The third-order valence-corrected chi connectivity index (χ3v) is 1.88. The van der Waals surface area contributed by atoms with Crippen LogP contribution in [0.25, 0.3) is 0 Å². The number of allylic oxidation sites excluding steroid dienone is 1. The van der Waals surface area contributed by atoms with Crippen molar-refractivity contribution < 1.29 is 0 Å². The molecular formula is C11H13ClN4. The first-order valence-corrected chi connectivity index (χ1v) is 5.11. The number of rotatable bonds is 5. The van der Waals surface area contributed by atoms with Crippen LogP contribution in [0, 0.1) is 0 Å². The Morgan fingerprint density at radius 2 is 2.44 bits per heavy atom. The number of anilines is 1. The van der Waals surface area contributed by atoms with Gasteiger partial charge in [-0.05, 0) is 12.5 Å². The van der Waals surface area contributed by atoms with Gasteiger partial charge in [-0.2, -0.15) is 0 Å². The maximum absolute atomic E-state index is 5.72. The van der Waals surface area contributed by atoms with E-state index < -0.39 is 0 Å². The molecule has 0 aromatic carbocycles. The molecule has 1 rings (SSSR count). The molecule has 4 nitrogen and oxygen atoms in total. The zero-order valence-corrected chi connectivity index (χ0v) is 9.78. The number of aliphatic imine (C=N–C) groups is 1. The fraction of sp³-hybridized carbons (Fsp3) is 0.182. The highest BCUT2D eigenvalue weighted by atomic mass is 35.5. The summed E-state index contributed by atoms with van der Waals surface area (Å²) in [6.07, 6.45) is 6.43. The van der Waals surface area contributed by atoms with Crippen LogP contribution in [0.5, 0.6) is 0 Å². The molecule has 0 amide bonds. The summed E-state index contributed by atoms with van der Waals surface area (Å²) in [5.74, 6) is 0.695. The van der Waals surface area contributed by atoms with Gasteiger partial charge in [0.1, 0.15) is 17.3 Å². The lowest BCUT2D eigenvalue weighted by Gasteiger charge is -2.04. The molecular weight excluding hydrogens is 224 g/mol. The predicted octanol–water partition coefficient (Wildman–Crippen LogP) is 2.70. The van der Waals surface area contributed by atoms with Gasteiger partial charge in [0.05, 0.1) is 0 Å². The molecule has 1 aromatic heterocycles. The Morgan fingerprint density at radius 1 is 1.62 bits per heavy atom. The second-order valence-corrected chi connectivity index (χ2v) is 3.48. The van der Waals surface area contributed by atoms with Gasteiger partial charge in [-0.1, -0.05) is 24.3 Å². The smallest absolute Gasteiger partial charge is 0.134 e. The molecule has 0 radical (unpaired) electrons. The van der Waals surface area contributed by atoms with Crippen LogP contribution in [-0.4, -0.2) is 22.7 Å². The van der Waals surface area contributed by atoms with Crippen molar-refractivity contribution in [3.63, 3.8) is 0 Å². The van der Waals surface area contributed by atoms with Crippen LogP contribution in [0.4, 0.5) is 5.82 Å². The second-order valence-electron chi connectivity index (χ2n) is 3.09. The molecule has 0 bridgehead atoms. The van der Waals surface area contributed by atoms with Crippen molar-refractivity contribution in [2.24, 2.45) is 4.99 Å². The molecule has 0 saturated carbocycles. The summed E-state index contributed by atoms with van der Waals surface area (Å²) in [5.41, 5.74) is 1.08. The van der Waals surface area contributed by atoms with Crippen LogP contribution in [-0.2, 0) is 0 Å². The molecule has 1 aromatic rings. The number of hydrogen-bond donors (Lipinski definition) is 1. The first kappa shape index (κ1) is 12.4. The summed E-state index contributed by atoms with van der Waals surface area (Å²) < 4.78 is 0. The molecule has 0 unspecified atom stereocenters. The lowest BCUT2D eigenvalue weighted by molar-refractivity contribution is 1.11. The highest BCUT2D eigenvalue weighted by molar-refractivity contribution is 6.29. The van der Waals surface area contributed by atoms with E-state index in [-0.39, 0.29) is 0 Å². The largest absolute Gasteiger partial charge is 0.366 e. The summed E-state index contributed by atoms with van der Waals surface area (Å²) in [5, 5.41) is 3.53. The van der Waals surface area contributed by atoms with E-state index in [0.717, 1.165) is 5.57 Å². The van der Waals surface area contributed by atoms with E-state index in [1.54, 1.807) is 24.6 Å². The van der Waals surface area contributed by atoms with Gasteiger partial charge in [-0.3, -0.25) is 4.99 Å². The molecule has 1 heterocycles. The quantitative estimate of drug-likeness (QED) is 0.632. The second kappa shape index (κ2) is 6.74. The Bertz CT molecular complexity index is 412. The first-order chi connectivity index (χ1) is 7.72. The molecule has 0 aliphatic carbocycles. The van der Waals surface area contributed by atoms with Gasteiger partial charge in [-0.25, -0.2) is 9.97 Å². The fourth-order valence-corrected chi connectivity index (χ4v) is 1.08. The predicted molar refractivity (Wildman–Crippen MR) is 68.0 cm³/mol. The number of nitrogens with zero attached hydrogens (tertiary/aromatic N) is 3. The van der Waals surface area contributed by atoms with E-state index in [1.165, 1.54) is 6.33 Å².